The van der Waals surface area contributed by atoms with Crippen molar-refractivity contribution in [1.82, 2.24) is 10.3 Å². The second-order valence-corrected chi connectivity index (χ2v) is 3.39. The Labute approximate surface area is 100 Å². The third-order valence-corrected chi connectivity index (χ3v) is 2.06. The summed E-state index contributed by atoms with van der Waals surface area (Å²) in [5.74, 6) is -1.95. The maximum atomic E-state index is 13.6. The van der Waals surface area contributed by atoms with Gasteiger partial charge in [0.05, 0.1) is 12.0 Å². The quantitative estimate of drug-likeness (QED) is 0.818. The van der Waals surface area contributed by atoms with Crippen molar-refractivity contribution in [1.29, 1.82) is 0 Å². The molecule has 0 aromatic carbocycles. The van der Waals surface area contributed by atoms with E-state index in [0.717, 1.165) is 6.07 Å². The Balaban J connectivity index is 2.68. The van der Waals surface area contributed by atoms with Gasteiger partial charge in [-0.15, -0.1) is 0 Å². The molecule has 0 aliphatic rings. The van der Waals surface area contributed by atoms with Gasteiger partial charge in [0, 0.05) is 19.8 Å². The Morgan fingerprint density at radius 1 is 1.44 bits per heavy atom. The lowest BCUT2D eigenvalue weighted by molar-refractivity contribution is -0.132. The summed E-state index contributed by atoms with van der Waals surface area (Å²) in [4.78, 5) is 15.1. The minimum atomic E-state index is -4.36. The van der Waals surface area contributed by atoms with Gasteiger partial charge >= 0.3 is 6.18 Å². The number of pyridine rings is 1. The van der Waals surface area contributed by atoms with Crippen LogP contribution in [0.1, 0.15) is 16.8 Å². The lowest BCUT2D eigenvalue weighted by Gasteiger charge is -2.09. The standard InChI is InChI=1S/C10H11F4N3O/c1-15-8-7(11)6(2-4-16-8)9(18)17-5-3-10(12,13)14/h2,4H,3,5H2,1H3,(H,15,16)(H,17,18). The number of hydrogen-bond acceptors (Lipinski definition) is 3. The van der Waals surface area contributed by atoms with Crippen LogP contribution >= 0.6 is 0 Å². The van der Waals surface area contributed by atoms with E-state index < -0.39 is 30.9 Å². The molecule has 1 aromatic rings. The van der Waals surface area contributed by atoms with Crippen LogP contribution in [0.3, 0.4) is 0 Å². The lowest BCUT2D eigenvalue weighted by Crippen LogP contribution is -2.28. The van der Waals surface area contributed by atoms with Gasteiger partial charge in [-0.3, -0.25) is 4.79 Å². The Bertz CT molecular complexity index is 434. The maximum Gasteiger partial charge on any atom is 0.390 e. The van der Waals surface area contributed by atoms with Crippen molar-refractivity contribution in [3.8, 4) is 0 Å². The van der Waals surface area contributed by atoms with Gasteiger partial charge in [-0.05, 0) is 6.07 Å². The van der Waals surface area contributed by atoms with Gasteiger partial charge < -0.3 is 10.6 Å². The number of aromatic nitrogens is 1. The molecule has 18 heavy (non-hydrogen) atoms. The molecule has 0 atom stereocenters. The van der Waals surface area contributed by atoms with Crippen LogP contribution in [0.4, 0.5) is 23.4 Å². The van der Waals surface area contributed by atoms with Crippen molar-refractivity contribution in [2.24, 2.45) is 0 Å². The Morgan fingerprint density at radius 2 is 2.11 bits per heavy atom. The molecule has 8 heteroatoms. The third-order valence-electron chi connectivity index (χ3n) is 2.06. The van der Waals surface area contributed by atoms with Crippen LogP contribution in [0.2, 0.25) is 0 Å². The SMILES string of the molecule is CNc1nccc(C(=O)NCCC(F)(F)F)c1F. The molecule has 0 spiro atoms. The minimum Gasteiger partial charge on any atom is -0.371 e. The van der Waals surface area contributed by atoms with E-state index in [4.69, 9.17) is 0 Å². The number of alkyl halides is 3. The van der Waals surface area contributed by atoms with Crippen LogP contribution in [-0.4, -0.2) is 30.7 Å². The summed E-state index contributed by atoms with van der Waals surface area (Å²) >= 11 is 0. The van der Waals surface area contributed by atoms with Crippen molar-refractivity contribution in [3.05, 3.63) is 23.6 Å². The van der Waals surface area contributed by atoms with Crippen molar-refractivity contribution in [2.75, 3.05) is 18.9 Å². The smallest absolute Gasteiger partial charge is 0.371 e. The summed E-state index contributed by atoms with van der Waals surface area (Å²) in [5.41, 5.74) is -0.350. The molecule has 0 unspecified atom stereocenters. The average molecular weight is 265 g/mol. The average Bonchev–Trinajstić information content (AvgIpc) is 2.27. The van der Waals surface area contributed by atoms with E-state index in [2.05, 4.69) is 10.3 Å². The summed E-state index contributed by atoms with van der Waals surface area (Å²) in [5, 5.41) is 4.42. The van der Waals surface area contributed by atoms with Crippen molar-refractivity contribution >= 4 is 11.7 Å². The predicted octanol–water partition coefficient (Wildman–Crippen LogP) is 1.94. The van der Waals surface area contributed by atoms with Crippen LogP contribution in [0.25, 0.3) is 0 Å². The summed E-state index contributed by atoms with van der Waals surface area (Å²) in [6.45, 7) is -0.598. The van der Waals surface area contributed by atoms with Gasteiger partial charge in [0.2, 0.25) is 0 Å². The molecular weight excluding hydrogens is 254 g/mol. The summed E-state index contributed by atoms with van der Waals surface area (Å²) in [7, 11) is 1.41. The second-order valence-electron chi connectivity index (χ2n) is 3.39. The highest BCUT2D eigenvalue weighted by molar-refractivity contribution is 5.95. The van der Waals surface area contributed by atoms with Crippen molar-refractivity contribution in [2.45, 2.75) is 12.6 Å². The number of carbonyl (C=O) groups excluding carboxylic acids is 1. The Kier molecular flexibility index (Phi) is 4.46. The van der Waals surface area contributed by atoms with Crippen LogP contribution in [0, 0.1) is 5.82 Å². The second kappa shape index (κ2) is 5.65. The zero-order valence-corrected chi connectivity index (χ0v) is 9.44. The van der Waals surface area contributed by atoms with Crippen LogP contribution in [0.5, 0.6) is 0 Å². The van der Waals surface area contributed by atoms with E-state index in [1.54, 1.807) is 0 Å². The first-order valence-electron chi connectivity index (χ1n) is 5.02. The topological polar surface area (TPSA) is 54.0 Å². The fourth-order valence-electron chi connectivity index (χ4n) is 1.21. The van der Waals surface area contributed by atoms with E-state index in [0.29, 0.717) is 0 Å². The normalized spacial score (nSPS) is 11.2. The molecule has 0 fully saturated rings. The van der Waals surface area contributed by atoms with Gasteiger partial charge in [0.15, 0.2) is 11.6 Å². The summed E-state index contributed by atoms with van der Waals surface area (Å²) < 4.78 is 49.2. The molecule has 4 nitrogen and oxygen atoms in total. The molecule has 0 aliphatic carbocycles. The van der Waals surface area contributed by atoms with E-state index in [1.165, 1.54) is 13.2 Å². The molecule has 1 heterocycles. The molecule has 1 amide bonds. The van der Waals surface area contributed by atoms with Crippen LogP contribution in [0.15, 0.2) is 12.3 Å². The first-order valence-corrected chi connectivity index (χ1v) is 5.02. The highest BCUT2D eigenvalue weighted by atomic mass is 19.4. The van der Waals surface area contributed by atoms with Gasteiger partial charge in [-0.2, -0.15) is 13.2 Å². The van der Waals surface area contributed by atoms with Gasteiger partial charge in [-0.25, -0.2) is 9.37 Å². The van der Waals surface area contributed by atoms with Gasteiger partial charge in [0.1, 0.15) is 0 Å². The Morgan fingerprint density at radius 3 is 2.67 bits per heavy atom. The molecule has 0 saturated carbocycles. The molecule has 1 rings (SSSR count). The number of rotatable bonds is 4. The molecule has 100 valence electrons. The first kappa shape index (κ1) is 14.2. The molecule has 0 radical (unpaired) electrons. The molecule has 1 aromatic heterocycles. The lowest BCUT2D eigenvalue weighted by atomic mass is 10.2. The number of nitrogens with zero attached hydrogens (tertiary/aromatic N) is 1. The predicted molar refractivity (Wildman–Crippen MR) is 56.7 cm³/mol. The molecular formula is C10H11F4N3O. The van der Waals surface area contributed by atoms with E-state index in [1.807, 2.05) is 5.32 Å². The third kappa shape index (κ3) is 3.86. The van der Waals surface area contributed by atoms with E-state index in [9.17, 15) is 22.4 Å². The van der Waals surface area contributed by atoms with Crippen LogP contribution in [-0.2, 0) is 0 Å². The number of halogens is 4. The largest absolute Gasteiger partial charge is 0.390 e. The number of anilines is 1. The zero-order valence-electron chi connectivity index (χ0n) is 9.44. The van der Waals surface area contributed by atoms with E-state index in [-0.39, 0.29) is 11.4 Å². The fourth-order valence-corrected chi connectivity index (χ4v) is 1.21. The van der Waals surface area contributed by atoms with Crippen molar-refractivity contribution < 1.29 is 22.4 Å². The molecule has 0 bridgehead atoms. The van der Waals surface area contributed by atoms with Crippen LogP contribution < -0.4 is 10.6 Å². The molecule has 2 N–H and O–H groups in total. The fraction of sp³-hybridized carbons (Fsp3) is 0.400. The minimum absolute atomic E-state index is 0.140. The Hall–Kier alpha value is -1.86. The van der Waals surface area contributed by atoms with Gasteiger partial charge in [-0.1, -0.05) is 0 Å². The number of amides is 1. The van der Waals surface area contributed by atoms with Gasteiger partial charge in [0.25, 0.3) is 5.91 Å². The molecule has 0 saturated heterocycles. The monoisotopic (exact) mass is 265 g/mol. The highest BCUT2D eigenvalue weighted by Crippen LogP contribution is 2.18. The first-order chi connectivity index (χ1) is 8.35. The zero-order chi connectivity index (χ0) is 13.8. The molecule has 0 aliphatic heterocycles. The number of hydrogen-bond donors (Lipinski definition) is 2. The maximum absolute atomic E-state index is 13.6. The number of carbonyl (C=O) groups is 1. The summed E-state index contributed by atoms with van der Waals surface area (Å²) in [6.07, 6.45) is -4.34. The summed E-state index contributed by atoms with van der Waals surface area (Å²) in [6, 6.07) is 1.10. The number of nitrogens with one attached hydrogen (secondary N) is 2. The highest BCUT2D eigenvalue weighted by Gasteiger charge is 2.27. The van der Waals surface area contributed by atoms with E-state index >= 15 is 0 Å². The van der Waals surface area contributed by atoms with Crippen molar-refractivity contribution in [3.63, 3.8) is 0 Å².